The van der Waals surface area contributed by atoms with Gasteiger partial charge in [-0.25, -0.2) is 9.78 Å². The maximum atomic E-state index is 12.1. The summed E-state index contributed by atoms with van der Waals surface area (Å²) in [5.74, 6) is 1.46. The highest BCUT2D eigenvalue weighted by Gasteiger charge is 2.17. The van der Waals surface area contributed by atoms with Crippen molar-refractivity contribution < 1.29 is 13.9 Å². The molecule has 0 unspecified atom stereocenters. The summed E-state index contributed by atoms with van der Waals surface area (Å²) in [4.78, 5) is 16.5. The number of ether oxygens (including phenoxy) is 2. The van der Waals surface area contributed by atoms with Crippen LogP contribution in [0.25, 0.3) is 10.9 Å². The van der Waals surface area contributed by atoms with Crippen LogP contribution >= 0.6 is 0 Å². The molecule has 1 heterocycles. The molecular formula is C15H19NO4. The van der Waals surface area contributed by atoms with Gasteiger partial charge in [-0.15, -0.1) is 0 Å². The summed E-state index contributed by atoms with van der Waals surface area (Å²) in [5.41, 5.74) is 0.140. The Hall–Kier alpha value is -2.04. The average molecular weight is 277 g/mol. The Morgan fingerprint density at radius 1 is 1.15 bits per heavy atom. The fraction of sp³-hybridized carbons (Fsp3) is 0.467. The molecule has 5 heteroatoms. The molecule has 1 aromatic carbocycles. The van der Waals surface area contributed by atoms with Gasteiger partial charge >= 0.3 is 5.63 Å². The molecule has 0 aliphatic rings. The van der Waals surface area contributed by atoms with Gasteiger partial charge in [-0.05, 0) is 5.41 Å². The van der Waals surface area contributed by atoms with E-state index >= 15 is 0 Å². The number of methoxy groups -OCH3 is 2. The van der Waals surface area contributed by atoms with E-state index in [9.17, 15) is 4.79 Å². The lowest BCUT2D eigenvalue weighted by molar-refractivity contribution is 0.336. The van der Waals surface area contributed by atoms with Crippen LogP contribution in [0.3, 0.4) is 0 Å². The second-order valence-corrected chi connectivity index (χ2v) is 5.86. The summed E-state index contributed by atoms with van der Waals surface area (Å²) in [6.45, 7) is 6.19. The monoisotopic (exact) mass is 277 g/mol. The first-order valence-electron chi connectivity index (χ1n) is 6.40. The van der Waals surface area contributed by atoms with Crippen LogP contribution in [0.5, 0.6) is 11.5 Å². The lowest BCUT2D eigenvalue weighted by Crippen LogP contribution is -2.14. The predicted molar refractivity (Wildman–Crippen MR) is 76.5 cm³/mol. The number of hydrogen-bond donors (Lipinski definition) is 0. The maximum absolute atomic E-state index is 12.1. The molecule has 2 aromatic rings. The Bertz CT molecular complexity index is 683. The third kappa shape index (κ3) is 2.92. The maximum Gasteiger partial charge on any atom is 0.346 e. The van der Waals surface area contributed by atoms with E-state index in [1.54, 1.807) is 19.2 Å². The summed E-state index contributed by atoms with van der Waals surface area (Å²) >= 11 is 0. The zero-order valence-electron chi connectivity index (χ0n) is 12.4. The largest absolute Gasteiger partial charge is 0.493 e. The summed E-state index contributed by atoms with van der Waals surface area (Å²) in [5, 5.41) is 0.389. The number of fused-ring (bicyclic) bond motifs is 1. The van der Waals surface area contributed by atoms with Crippen molar-refractivity contribution in [3.05, 3.63) is 28.4 Å². The Morgan fingerprint density at radius 2 is 1.75 bits per heavy atom. The van der Waals surface area contributed by atoms with Gasteiger partial charge in [0.2, 0.25) is 0 Å². The van der Waals surface area contributed by atoms with Crippen molar-refractivity contribution in [1.29, 1.82) is 0 Å². The van der Waals surface area contributed by atoms with Crippen LogP contribution in [-0.2, 0) is 6.42 Å². The van der Waals surface area contributed by atoms with Gasteiger partial charge in [-0.3, -0.25) is 0 Å². The Balaban J connectivity index is 2.62. The molecule has 0 spiro atoms. The second kappa shape index (κ2) is 5.15. The quantitative estimate of drug-likeness (QED) is 0.863. The van der Waals surface area contributed by atoms with Crippen LogP contribution < -0.4 is 15.1 Å². The normalized spacial score (nSPS) is 11.7. The van der Waals surface area contributed by atoms with Gasteiger partial charge in [-0.2, -0.15) is 0 Å². The number of rotatable bonds is 3. The van der Waals surface area contributed by atoms with Crippen LogP contribution in [0.15, 0.2) is 21.3 Å². The smallest absolute Gasteiger partial charge is 0.346 e. The SMILES string of the molecule is COc1cc2nc(CC(C)(C)C)oc(=O)c2cc1OC. The summed E-state index contributed by atoms with van der Waals surface area (Å²) < 4.78 is 15.7. The molecule has 0 saturated carbocycles. The van der Waals surface area contributed by atoms with Crippen LogP contribution in [0.1, 0.15) is 26.7 Å². The van der Waals surface area contributed by atoms with E-state index in [0.717, 1.165) is 0 Å². The van der Waals surface area contributed by atoms with E-state index in [1.807, 2.05) is 0 Å². The first-order chi connectivity index (χ1) is 9.34. The highest BCUT2D eigenvalue weighted by atomic mass is 16.5. The van der Waals surface area contributed by atoms with E-state index in [0.29, 0.717) is 34.7 Å². The summed E-state index contributed by atoms with van der Waals surface area (Å²) in [6, 6.07) is 3.28. The van der Waals surface area contributed by atoms with Crippen molar-refractivity contribution in [2.75, 3.05) is 14.2 Å². The standard InChI is InChI=1S/C15H19NO4/c1-15(2,3)8-13-16-10-7-12(19-5)11(18-4)6-9(10)14(17)20-13/h6-7H,8H2,1-5H3. The fourth-order valence-electron chi connectivity index (χ4n) is 1.97. The van der Waals surface area contributed by atoms with E-state index in [2.05, 4.69) is 25.8 Å². The first-order valence-corrected chi connectivity index (χ1v) is 6.40. The minimum Gasteiger partial charge on any atom is -0.493 e. The highest BCUT2D eigenvalue weighted by Crippen LogP contribution is 2.30. The van der Waals surface area contributed by atoms with E-state index in [-0.39, 0.29) is 5.41 Å². The lowest BCUT2D eigenvalue weighted by Gasteiger charge is -2.16. The van der Waals surface area contributed by atoms with Gasteiger partial charge in [0, 0.05) is 18.6 Å². The predicted octanol–water partition coefficient (Wildman–Crippen LogP) is 2.79. The number of aromatic nitrogens is 1. The molecule has 2 rings (SSSR count). The fourth-order valence-corrected chi connectivity index (χ4v) is 1.97. The third-order valence-corrected chi connectivity index (χ3v) is 2.86. The molecule has 0 atom stereocenters. The van der Waals surface area contributed by atoms with Crippen molar-refractivity contribution in [2.24, 2.45) is 5.41 Å². The van der Waals surface area contributed by atoms with E-state index in [1.165, 1.54) is 7.11 Å². The minimum atomic E-state index is -0.407. The molecule has 0 amide bonds. The minimum absolute atomic E-state index is 0.00677. The molecule has 20 heavy (non-hydrogen) atoms. The molecule has 0 aliphatic carbocycles. The first kappa shape index (κ1) is 14.4. The Kier molecular flexibility index (Phi) is 3.70. The van der Waals surface area contributed by atoms with Gasteiger partial charge in [0.05, 0.1) is 25.1 Å². The third-order valence-electron chi connectivity index (χ3n) is 2.86. The molecule has 0 N–H and O–H groups in total. The van der Waals surface area contributed by atoms with Crippen LogP contribution in [-0.4, -0.2) is 19.2 Å². The van der Waals surface area contributed by atoms with Crippen molar-refractivity contribution in [3.8, 4) is 11.5 Å². The highest BCUT2D eigenvalue weighted by molar-refractivity contribution is 5.81. The molecule has 1 aromatic heterocycles. The van der Waals surface area contributed by atoms with Crippen molar-refractivity contribution in [2.45, 2.75) is 27.2 Å². The zero-order chi connectivity index (χ0) is 14.9. The van der Waals surface area contributed by atoms with Crippen LogP contribution in [0.2, 0.25) is 0 Å². The molecule has 0 aliphatic heterocycles. The molecule has 0 bridgehead atoms. The number of nitrogens with zero attached hydrogens (tertiary/aromatic N) is 1. The number of benzene rings is 1. The molecular weight excluding hydrogens is 258 g/mol. The van der Waals surface area contributed by atoms with Gasteiger partial charge < -0.3 is 13.9 Å². The lowest BCUT2D eigenvalue weighted by atomic mass is 9.92. The van der Waals surface area contributed by atoms with E-state index < -0.39 is 5.63 Å². The molecule has 0 fully saturated rings. The number of hydrogen-bond acceptors (Lipinski definition) is 5. The molecule has 0 saturated heterocycles. The second-order valence-electron chi connectivity index (χ2n) is 5.86. The Morgan fingerprint density at radius 3 is 2.30 bits per heavy atom. The average Bonchev–Trinajstić information content (AvgIpc) is 2.35. The van der Waals surface area contributed by atoms with Crippen molar-refractivity contribution in [3.63, 3.8) is 0 Å². The molecule has 5 nitrogen and oxygen atoms in total. The van der Waals surface area contributed by atoms with Gasteiger partial charge in [-0.1, -0.05) is 20.8 Å². The summed E-state index contributed by atoms with van der Waals surface area (Å²) in [6.07, 6.45) is 0.590. The van der Waals surface area contributed by atoms with Crippen LogP contribution in [0.4, 0.5) is 0 Å². The van der Waals surface area contributed by atoms with Gasteiger partial charge in [0.25, 0.3) is 0 Å². The zero-order valence-corrected chi connectivity index (χ0v) is 12.4. The molecule has 0 radical (unpaired) electrons. The van der Waals surface area contributed by atoms with Crippen molar-refractivity contribution >= 4 is 10.9 Å². The topological polar surface area (TPSA) is 61.6 Å². The summed E-state index contributed by atoms with van der Waals surface area (Å²) in [7, 11) is 3.07. The molecule has 108 valence electrons. The van der Waals surface area contributed by atoms with Gasteiger partial charge in [0.1, 0.15) is 0 Å². The Labute approximate surface area is 117 Å². The van der Waals surface area contributed by atoms with Crippen molar-refractivity contribution in [1.82, 2.24) is 4.98 Å². The van der Waals surface area contributed by atoms with Gasteiger partial charge in [0.15, 0.2) is 17.4 Å². The van der Waals surface area contributed by atoms with E-state index in [4.69, 9.17) is 13.9 Å². The van der Waals surface area contributed by atoms with Crippen LogP contribution in [0, 0.1) is 5.41 Å².